The Labute approximate surface area is 129 Å². The number of benzene rings is 1. The van der Waals surface area contributed by atoms with E-state index in [-0.39, 0.29) is 17.4 Å². The zero-order valence-corrected chi connectivity index (χ0v) is 11.8. The SMILES string of the molecule is O=C(NNc1ncccn1)[C@@H]1C[C@@H]1c1ccccc1C(F)(F)F. The summed E-state index contributed by atoms with van der Waals surface area (Å²) in [6.07, 6.45) is -1.03. The Hall–Kier alpha value is -2.64. The van der Waals surface area contributed by atoms with Crippen molar-refractivity contribution >= 4 is 11.9 Å². The molecule has 0 aliphatic heterocycles. The van der Waals surface area contributed by atoms with Crippen molar-refractivity contribution in [2.24, 2.45) is 5.92 Å². The molecule has 2 N–H and O–H groups in total. The lowest BCUT2D eigenvalue weighted by atomic mass is 10.0. The molecule has 1 aliphatic carbocycles. The molecule has 0 unspecified atom stereocenters. The summed E-state index contributed by atoms with van der Waals surface area (Å²) in [5.41, 5.74) is 4.44. The number of rotatable bonds is 4. The third-order valence-electron chi connectivity index (χ3n) is 3.66. The monoisotopic (exact) mass is 322 g/mol. The van der Waals surface area contributed by atoms with Crippen LogP contribution in [-0.2, 0) is 11.0 Å². The molecule has 8 heteroatoms. The van der Waals surface area contributed by atoms with Gasteiger partial charge in [-0.05, 0) is 30.0 Å². The minimum absolute atomic E-state index is 0.163. The fourth-order valence-corrected chi connectivity index (χ4v) is 2.48. The first-order valence-electron chi connectivity index (χ1n) is 6.96. The maximum absolute atomic E-state index is 13.0. The van der Waals surface area contributed by atoms with Gasteiger partial charge in [0.15, 0.2) is 0 Å². The van der Waals surface area contributed by atoms with E-state index in [9.17, 15) is 18.0 Å². The number of carbonyl (C=O) groups is 1. The molecule has 0 bridgehead atoms. The van der Waals surface area contributed by atoms with E-state index in [1.165, 1.54) is 24.5 Å². The number of alkyl halides is 3. The highest BCUT2D eigenvalue weighted by atomic mass is 19.4. The van der Waals surface area contributed by atoms with E-state index < -0.39 is 23.6 Å². The van der Waals surface area contributed by atoms with Gasteiger partial charge in [0.2, 0.25) is 11.9 Å². The highest BCUT2D eigenvalue weighted by molar-refractivity contribution is 5.83. The van der Waals surface area contributed by atoms with Gasteiger partial charge in [-0.25, -0.2) is 9.97 Å². The molecule has 1 aromatic heterocycles. The number of aromatic nitrogens is 2. The smallest absolute Gasteiger partial charge is 0.273 e. The Morgan fingerprint density at radius 2 is 1.83 bits per heavy atom. The van der Waals surface area contributed by atoms with Crippen LogP contribution in [0.1, 0.15) is 23.5 Å². The Morgan fingerprint density at radius 3 is 2.52 bits per heavy atom. The van der Waals surface area contributed by atoms with Gasteiger partial charge < -0.3 is 0 Å². The van der Waals surface area contributed by atoms with Crippen LogP contribution in [0.5, 0.6) is 0 Å². The molecule has 23 heavy (non-hydrogen) atoms. The lowest BCUT2D eigenvalue weighted by molar-refractivity contribution is -0.138. The van der Waals surface area contributed by atoms with Gasteiger partial charge >= 0.3 is 6.18 Å². The van der Waals surface area contributed by atoms with Gasteiger partial charge in [-0.3, -0.25) is 15.6 Å². The van der Waals surface area contributed by atoms with E-state index in [0.717, 1.165) is 6.07 Å². The van der Waals surface area contributed by atoms with E-state index in [4.69, 9.17) is 0 Å². The van der Waals surface area contributed by atoms with Crippen molar-refractivity contribution in [2.75, 3.05) is 5.43 Å². The molecule has 1 fully saturated rings. The van der Waals surface area contributed by atoms with Gasteiger partial charge in [-0.15, -0.1) is 0 Å². The number of hydrogen-bond donors (Lipinski definition) is 2. The highest BCUT2D eigenvalue weighted by Gasteiger charge is 2.47. The minimum atomic E-state index is -4.42. The summed E-state index contributed by atoms with van der Waals surface area (Å²) in [6.45, 7) is 0. The van der Waals surface area contributed by atoms with Crippen LogP contribution in [0.25, 0.3) is 0 Å². The lowest BCUT2D eigenvalue weighted by Crippen LogP contribution is -2.32. The molecule has 0 radical (unpaired) electrons. The van der Waals surface area contributed by atoms with Crippen LogP contribution in [0.3, 0.4) is 0 Å². The molecule has 2 aromatic rings. The topological polar surface area (TPSA) is 66.9 Å². The van der Waals surface area contributed by atoms with Crippen LogP contribution >= 0.6 is 0 Å². The van der Waals surface area contributed by atoms with Crippen molar-refractivity contribution in [3.8, 4) is 0 Å². The van der Waals surface area contributed by atoms with Gasteiger partial charge in [0.05, 0.1) is 5.56 Å². The average Bonchev–Trinajstić information content (AvgIpc) is 3.33. The number of halogens is 3. The standard InChI is InChI=1S/C15H13F3N4O/c16-15(17,18)12-5-2-1-4-9(12)10-8-11(10)13(23)21-22-14-19-6-3-7-20-14/h1-7,10-11H,8H2,(H,21,23)(H,19,20,22)/t10-,11-/m1/s1. The molecule has 3 rings (SSSR count). The van der Waals surface area contributed by atoms with Crippen LogP contribution in [0.4, 0.5) is 19.1 Å². The zero-order chi connectivity index (χ0) is 16.4. The second-order valence-electron chi connectivity index (χ2n) is 5.22. The van der Waals surface area contributed by atoms with Crippen molar-refractivity contribution < 1.29 is 18.0 Å². The van der Waals surface area contributed by atoms with E-state index in [0.29, 0.717) is 6.42 Å². The van der Waals surface area contributed by atoms with Crippen molar-refractivity contribution in [3.63, 3.8) is 0 Å². The number of hydrazine groups is 1. The molecular formula is C15H13F3N4O. The molecule has 1 aromatic carbocycles. The summed E-state index contributed by atoms with van der Waals surface area (Å²) in [7, 11) is 0. The fourth-order valence-electron chi connectivity index (χ4n) is 2.48. The number of amides is 1. The fraction of sp³-hybridized carbons (Fsp3) is 0.267. The third-order valence-corrected chi connectivity index (χ3v) is 3.66. The number of nitrogens with one attached hydrogen (secondary N) is 2. The third kappa shape index (κ3) is 3.41. The second kappa shape index (κ2) is 5.86. The molecule has 1 amide bonds. The summed E-state index contributed by atoms with van der Waals surface area (Å²) in [5.74, 6) is -1.07. The van der Waals surface area contributed by atoms with Crippen LogP contribution in [-0.4, -0.2) is 15.9 Å². The second-order valence-corrected chi connectivity index (χ2v) is 5.22. The largest absolute Gasteiger partial charge is 0.416 e. The normalized spacial score (nSPS) is 20.0. The number of hydrogen-bond acceptors (Lipinski definition) is 4. The first-order valence-corrected chi connectivity index (χ1v) is 6.96. The van der Waals surface area contributed by atoms with E-state index in [1.807, 2.05) is 0 Å². The van der Waals surface area contributed by atoms with Crippen LogP contribution in [0, 0.1) is 5.92 Å². The first kappa shape index (κ1) is 15.3. The van der Waals surface area contributed by atoms with Crippen LogP contribution < -0.4 is 10.9 Å². The quantitative estimate of drug-likeness (QED) is 0.850. The summed E-state index contributed by atoms with van der Waals surface area (Å²) in [5, 5.41) is 0. The minimum Gasteiger partial charge on any atom is -0.273 e. The molecule has 1 saturated carbocycles. The van der Waals surface area contributed by atoms with Crippen molar-refractivity contribution in [3.05, 3.63) is 53.9 Å². The first-order chi connectivity index (χ1) is 11.0. The van der Waals surface area contributed by atoms with Crippen LogP contribution in [0.15, 0.2) is 42.7 Å². The maximum atomic E-state index is 13.0. The highest BCUT2D eigenvalue weighted by Crippen LogP contribution is 2.50. The number of nitrogens with zero attached hydrogens (tertiary/aromatic N) is 2. The Balaban J connectivity index is 1.65. The summed E-state index contributed by atoms with van der Waals surface area (Å²) in [6, 6.07) is 6.98. The van der Waals surface area contributed by atoms with Gasteiger partial charge in [0, 0.05) is 18.3 Å². The summed E-state index contributed by atoms with van der Waals surface area (Å²) < 4.78 is 39.0. The molecule has 0 spiro atoms. The zero-order valence-electron chi connectivity index (χ0n) is 11.8. The predicted octanol–water partition coefficient (Wildman–Crippen LogP) is 2.74. The molecule has 0 saturated heterocycles. The molecule has 120 valence electrons. The van der Waals surface area contributed by atoms with E-state index >= 15 is 0 Å². The van der Waals surface area contributed by atoms with Gasteiger partial charge in [0.25, 0.3) is 0 Å². The van der Waals surface area contributed by atoms with Crippen molar-refractivity contribution in [1.29, 1.82) is 0 Å². The number of anilines is 1. The molecule has 1 heterocycles. The molecule has 5 nitrogen and oxygen atoms in total. The summed E-state index contributed by atoms with van der Waals surface area (Å²) in [4.78, 5) is 19.7. The van der Waals surface area contributed by atoms with E-state index in [2.05, 4.69) is 20.8 Å². The van der Waals surface area contributed by atoms with Crippen molar-refractivity contribution in [2.45, 2.75) is 18.5 Å². The maximum Gasteiger partial charge on any atom is 0.416 e. The molecule has 2 atom stereocenters. The van der Waals surface area contributed by atoms with Crippen LogP contribution in [0.2, 0.25) is 0 Å². The van der Waals surface area contributed by atoms with Crippen molar-refractivity contribution in [1.82, 2.24) is 15.4 Å². The summed E-state index contributed by atoms with van der Waals surface area (Å²) >= 11 is 0. The number of carbonyl (C=O) groups excluding carboxylic acids is 1. The van der Waals surface area contributed by atoms with Gasteiger partial charge in [0.1, 0.15) is 0 Å². The Kier molecular flexibility index (Phi) is 3.89. The predicted molar refractivity (Wildman–Crippen MR) is 76.1 cm³/mol. The molecular weight excluding hydrogens is 309 g/mol. The average molecular weight is 322 g/mol. The van der Waals surface area contributed by atoms with Gasteiger partial charge in [-0.2, -0.15) is 13.2 Å². The van der Waals surface area contributed by atoms with Gasteiger partial charge in [-0.1, -0.05) is 18.2 Å². The van der Waals surface area contributed by atoms with E-state index in [1.54, 1.807) is 12.1 Å². The Morgan fingerprint density at radius 1 is 1.13 bits per heavy atom. The molecule has 1 aliphatic rings. The lowest BCUT2D eigenvalue weighted by Gasteiger charge is -2.12. The Bertz CT molecular complexity index is 705.